The molecule has 0 N–H and O–H groups in total. The van der Waals surface area contributed by atoms with Crippen molar-refractivity contribution in [3.63, 3.8) is 0 Å². The second-order valence-electron chi connectivity index (χ2n) is 10.3. The summed E-state index contributed by atoms with van der Waals surface area (Å²) in [4.78, 5) is 0. The van der Waals surface area contributed by atoms with Gasteiger partial charge in [-0.25, -0.2) is 0 Å². The first-order valence-electron chi connectivity index (χ1n) is 12.9. The van der Waals surface area contributed by atoms with Crippen LogP contribution in [0.2, 0.25) is 0 Å². The molecule has 1 atom stereocenters. The van der Waals surface area contributed by atoms with Crippen LogP contribution in [0, 0.1) is 6.92 Å². The minimum atomic E-state index is -3.88. The normalized spacial score (nSPS) is 16.6. The molecule has 1 aliphatic carbocycles. The first-order valence-corrected chi connectivity index (χ1v) is 23.3. The van der Waals surface area contributed by atoms with E-state index in [1.807, 2.05) is 0 Å². The van der Waals surface area contributed by atoms with Crippen LogP contribution in [0.3, 0.4) is 0 Å². The third kappa shape index (κ3) is 3.88. The molecule has 0 amide bonds. The quantitative estimate of drug-likeness (QED) is 0.190. The maximum absolute atomic E-state index is 7.70. The van der Waals surface area contributed by atoms with Crippen LogP contribution in [-0.4, -0.2) is 9.52 Å². The van der Waals surface area contributed by atoms with Gasteiger partial charge in [-0.1, -0.05) is 0 Å². The number of hydrogen-bond acceptors (Lipinski definition) is 0. The molecule has 180 valence electrons. The van der Waals surface area contributed by atoms with Crippen molar-refractivity contribution >= 4 is 46.3 Å². The van der Waals surface area contributed by atoms with Crippen LogP contribution in [0.15, 0.2) is 84.4 Å². The maximum atomic E-state index is 7.70. The molecular formula is C32H30Cl2SiZr. The van der Waals surface area contributed by atoms with Crippen molar-refractivity contribution in [1.82, 2.24) is 0 Å². The molecule has 6 rings (SSSR count). The van der Waals surface area contributed by atoms with Crippen LogP contribution in [-0.2, 0) is 24.3 Å². The molecule has 4 heteroatoms. The molecule has 0 spiro atoms. The number of hydrogen-bond donors (Lipinski definition) is 0. The van der Waals surface area contributed by atoms with Crippen LogP contribution in [0.4, 0.5) is 0 Å². The summed E-state index contributed by atoms with van der Waals surface area (Å²) in [6, 6.07) is 29.0. The molecule has 36 heavy (non-hydrogen) atoms. The molecule has 1 unspecified atom stereocenters. The van der Waals surface area contributed by atoms with Crippen molar-refractivity contribution < 1.29 is 17.9 Å². The molecule has 4 aromatic carbocycles. The third-order valence-electron chi connectivity index (χ3n) is 8.01. The Morgan fingerprint density at radius 3 is 2.31 bits per heavy atom. The summed E-state index contributed by atoms with van der Waals surface area (Å²) in [5, 5.41) is 3.00. The van der Waals surface area contributed by atoms with Gasteiger partial charge in [0, 0.05) is 0 Å². The van der Waals surface area contributed by atoms with Crippen LogP contribution >= 0.6 is 17.0 Å². The molecule has 0 saturated carbocycles. The molecule has 4 aromatic rings. The summed E-state index contributed by atoms with van der Waals surface area (Å²) in [7, 11) is 14.8. The van der Waals surface area contributed by atoms with Gasteiger partial charge in [0.15, 0.2) is 0 Å². The van der Waals surface area contributed by atoms with Gasteiger partial charge in [-0.15, -0.1) is 0 Å². The fourth-order valence-electron chi connectivity index (χ4n) is 6.40. The Bertz CT molecular complexity index is 1540. The van der Waals surface area contributed by atoms with E-state index in [0.29, 0.717) is 0 Å². The Morgan fingerprint density at radius 1 is 0.806 bits per heavy atom. The third-order valence-corrected chi connectivity index (χ3v) is 22.6. The summed E-state index contributed by atoms with van der Waals surface area (Å²) >= 11 is -3.88. The van der Waals surface area contributed by atoms with E-state index in [-0.39, 0.29) is 3.63 Å². The van der Waals surface area contributed by atoms with Gasteiger partial charge >= 0.3 is 230 Å². The minimum absolute atomic E-state index is 0.125. The Morgan fingerprint density at radius 2 is 1.53 bits per heavy atom. The van der Waals surface area contributed by atoms with Crippen molar-refractivity contribution in [2.75, 3.05) is 0 Å². The van der Waals surface area contributed by atoms with Crippen molar-refractivity contribution in [3.8, 4) is 22.3 Å². The molecular weight excluding hydrogens is 575 g/mol. The van der Waals surface area contributed by atoms with E-state index in [1.54, 1.807) is 0 Å². The first kappa shape index (κ1) is 24.6. The number of rotatable bonds is 5. The van der Waals surface area contributed by atoms with Gasteiger partial charge in [-0.2, -0.15) is 0 Å². The zero-order valence-corrected chi connectivity index (χ0v) is 26.4. The van der Waals surface area contributed by atoms with E-state index in [9.17, 15) is 0 Å². The summed E-state index contributed by atoms with van der Waals surface area (Å²) in [6.45, 7) is 6.73. The van der Waals surface area contributed by atoms with Crippen molar-refractivity contribution in [1.29, 1.82) is 0 Å². The van der Waals surface area contributed by atoms with Crippen molar-refractivity contribution in [3.05, 3.63) is 107 Å². The summed E-state index contributed by atoms with van der Waals surface area (Å²) < 4.78 is 1.42. The summed E-state index contributed by atoms with van der Waals surface area (Å²) in [5.41, 5.74) is 12.2. The first-order chi connectivity index (χ1) is 17.4. The average Bonchev–Trinajstić information content (AvgIpc) is 3.42. The Kier molecular flexibility index (Phi) is 6.54. The molecule has 0 radical (unpaired) electrons. The summed E-state index contributed by atoms with van der Waals surface area (Å²) in [6.07, 6.45) is 4.59. The molecule has 0 aromatic heterocycles. The van der Waals surface area contributed by atoms with E-state index in [4.69, 9.17) is 17.0 Å². The predicted molar refractivity (Wildman–Crippen MR) is 158 cm³/mol. The van der Waals surface area contributed by atoms with E-state index in [2.05, 4.69) is 106 Å². The zero-order chi connectivity index (χ0) is 25.0. The second kappa shape index (κ2) is 9.55. The van der Waals surface area contributed by atoms with Crippen LogP contribution < -0.4 is 13.6 Å². The molecule has 0 nitrogen and oxygen atoms in total. The summed E-state index contributed by atoms with van der Waals surface area (Å²) in [5.74, 6) is 0. The van der Waals surface area contributed by atoms with Crippen molar-refractivity contribution in [2.24, 2.45) is 0 Å². The standard InChI is InChI=1S/C20H21.C12H9Si.2ClH.Zr/c1-4-7-16-10-11-17-12-14(2)13-19(17)20(16)18-9-6-5-8-15(18)3;1-3-7-11-9(5-1)10-6-2-4-8-12(10)13-11;;;/h5-6,8-13H,4,7H2,1-3H3;1-7H,13H2;2*1H;/q;;;;+2/p-2. The van der Waals surface area contributed by atoms with Gasteiger partial charge in [-0.3, -0.25) is 0 Å². The average molecular weight is 605 g/mol. The Hall–Kier alpha value is -1.70. The molecule has 2 aliphatic rings. The molecule has 1 aliphatic heterocycles. The van der Waals surface area contributed by atoms with Crippen LogP contribution in [0.1, 0.15) is 46.1 Å². The van der Waals surface area contributed by atoms with Gasteiger partial charge in [0.1, 0.15) is 0 Å². The monoisotopic (exact) mass is 602 g/mol. The molecule has 0 bridgehead atoms. The van der Waals surface area contributed by atoms with E-state index >= 15 is 0 Å². The van der Waals surface area contributed by atoms with Gasteiger partial charge < -0.3 is 0 Å². The second-order valence-corrected chi connectivity index (χ2v) is 26.1. The number of allylic oxidation sites excluding steroid dienone is 1. The molecule has 0 fully saturated rings. The number of fused-ring (bicyclic) bond motifs is 4. The SMILES string of the molecule is CCCc1ccc2c(c1-c1ccccc1C)C=C(C)[CH]2[Zr]([Cl])([Cl])[c]1cccc2c1[SiH2]c1ccccc1-2. The fourth-order valence-corrected chi connectivity index (χ4v) is 23.5. The van der Waals surface area contributed by atoms with Crippen LogP contribution in [0.5, 0.6) is 0 Å². The van der Waals surface area contributed by atoms with E-state index < -0.39 is 27.4 Å². The van der Waals surface area contributed by atoms with Crippen molar-refractivity contribution in [2.45, 2.75) is 37.2 Å². The Labute approximate surface area is 228 Å². The molecule has 0 saturated heterocycles. The predicted octanol–water partition coefficient (Wildman–Crippen LogP) is 6.96. The van der Waals surface area contributed by atoms with E-state index in [0.717, 1.165) is 12.8 Å². The van der Waals surface area contributed by atoms with Gasteiger partial charge in [0.05, 0.1) is 0 Å². The molecule has 1 heterocycles. The van der Waals surface area contributed by atoms with Gasteiger partial charge in [0.2, 0.25) is 0 Å². The topological polar surface area (TPSA) is 0 Å². The fraction of sp³-hybridized carbons (Fsp3) is 0.188. The van der Waals surface area contributed by atoms with E-state index in [1.165, 1.54) is 63.7 Å². The van der Waals surface area contributed by atoms with Gasteiger partial charge in [-0.05, 0) is 0 Å². The number of halogens is 2. The Balaban J connectivity index is 1.52. The van der Waals surface area contributed by atoms with Crippen LogP contribution in [0.25, 0.3) is 28.3 Å². The van der Waals surface area contributed by atoms with Gasteiger partial charge in [0.25, 0.3) is 0 Å². The number of benzene rings is 4. The zero-order valence-electron chi connectivity index (χ0n) is 21.0. The number of aryl methyl sites for hydroxylation is 2.